The number of nitrogens with zero attached hydrogens (tertiary/aromatic N) is 2. The third-order valence-electron chi connectivity index (χ3n) is 3.65. The highest BCUT2D eigenvalue weighted by atomic mass is 16.1. The van der Waals surface area contributed by atoms with E-state index in [1.807, 2.05) is 32.2 Å². The molecule has 2 aromatic rings. The van der Waals surface area contributed by atoms with E-state index in [0.29, 0.717) is 5.69 Å². The zero-order valence-electron chi connectivity index (χ0n) is 11.7. The lowest BCUT2D eigenvalue weighted by Crippen LogP contribution is -2.15. The van der Waals surface area contributed by atoms with Gasteiger partial charge in [0, 0.05) is 30.7 Å². The number of hydrogen-bond acceptors (Lipinski definition) is 3. The summed E-state index contributed by atoms with van der Waals surface area (Å²) in [4.78, 5) is 12.1. The Bertz CT molecular complexity index is 640. The molecule has 0 radical (unpaired) electrons. The van der Waals surface area contributed by atoms with Crippen molar-refractivity contribution in [3.63, 3.8) is 0 Å². The van der Waals surface area contributed by atoms with Gasteiger partial charge in [0.15, 0.2) is 5.69 Å². The molecule has 0 saturated heterocycles. The second-order valence-electron chi connectivity index (χ2n) is 5.15. The third kappa shape index (κ3) is 2.39. The van der Waals surface area contributed by atoms with Crippen molar-refractivity contribution < 1.29 is 4.79 Å². The highest BCUT2D eigenvalue weighted by Gasteiger charge is 2.13. The standard InChI is InChI=1S/C15H18N4O/c1-10-8-14(18-19(10)2)15(20)17-12-5-6-13-11(9-12)4-3-7-16-13/h5-6,8-9,16H,3-4,7H2,1-2H3,(H,17,20). The van der Waals surface area contributed by atoms with Crippen molar-refractivity contribution in [2.45, 2.75) is 19.8 Å². The number of aromatic nitrogens is 2. The minimum atomic E-state index is -0.169. The quantitative estimate of drug-likeness (QED) is 0.880. The van der Waals surface area contributed by atoms with Gasteiger partial charge in [0.05, 0.1) is 0 Å². The summed E-state index contributed by atoms with van der Waals surface area (Å²) in [5.41, 5.74) is 4.65. The zero-order valence-corrected chi connectivity index (χ0v) is 11.7. The Hall–Kier alpha value is -2.30. The fourth-order valence-electron chi connectivity index (χ4n) is 2.42. The lowest BCUT2D eigenvalue weighted by molar-refractivity contribution is 0.102. The molecular formula is C15H18N4O. The first-order valence-corrected chi connectivity index (χ1v) is 6.82. The van der Waals surface area contributed by atoms with E-state index in [-0.39, 0.29) is 5.91 Å². The highest BCUT2D eigenvalue weighted by Crippen LogP contribution is 2.25. The second-order valence-corrected chi connectivity index (χ2v) is 5.15. The summed E-state index contributed by atoms with van der Waals surface area (Å²) in [5.74, 6) is -0.169. The lowest BCUT2D eigenvalue weighted by Gasteiger charge is -2.18. The summed E-state index contributed by atoms with van der Waals surface area (Å²) in [5, 5.41) is 10.4. The Morgan fingerprint density at radius 1 is 1.40 bits per heavy atom. The summed E-state index contributed by atoms with van der Waals surface area (Å²) in [7, 11) is 1.83. The van der Waals surface area contributed by atoms with E-state index in [1.165, 1.54) is 11.3 Å². The third-order valence-corrected chi connectivity index (χ3v) is 3.65. The number of benzene rings is 1. The number of hydrogen-bond donors (Lipinski definition) is 2. The molecular weight excluding hydrogens is 252 g/mol. The largest absolute Gasteiger partial charge is 0.385 e. The average molecular weight is 270 g/mol. The molecule has 0 unspecified atom stereocenters. The van der Waals surface area contributed by atoms with Crippen LogP contribution in [0.4, 0.5) is 11.4 Å². The van der Waals surface area contributed by atoms with Crippen molar-refractivity contribution in [3.8, 4) is 0 Å². The van der Waals surface area contributed by atoms with Crippen molar-refractivity contribution in [1.82, 2.24) is 9.78 Å². The lowest BCUT2D eigenvalue weighted by atomic mass is 10.0. The number of carbonyl (C=O) groups excluding carboxylic acids is 1. The van der Waals surface area contributed by atoms with E-state index >= 15 is 0 Å². The molecule has 20 heavy (non-hydrogen) atoms. The second kappa shape index (κ2) is 5.00. The van der Waals surface area contributed by atoms with Crippen molar-refractivity contribution >= 4 is 17.3 Å². The molecule has 104 valence electrons. The van der Waals surface area contributed by atoms with E-state index in [4.69, 9.17) is 0 Å². The summed E-state index contributed by atoms with van der Waals surface area (Å²) < 4.78 is 1.70. The van der Waals surface area contributed by atoms with Gasteiger partial charge in [-0.25, -0.2) is 0 Å². The Kier molecular flexibility index (Phi) is 3.18. The van der Waals surface area contributed by atoms with Crippen LogP contribution in [0.15, 0.2) is 24.3 Å². The van der Waals surface area contributed by atoms with Crippen LogP contribution in [0.2, 0.25) is 0 Å². The number of nitrogens with one attached hydrogen (secondary N) is 2. The zero-order chi connectivity index (χ0) is 14.1. The van der Waals surface area contributed by atoms with Crippen molar-refractivity contribution in [1.29, 1.82) is 0 Å². The highest BCUT2D eigenvalue weighted by molar-refractivity contribution is 6.03. The van der Waals surface area contributed by atoms with Crippen molar-refractivity contribution in [2.24, 2.45) is 7.05 Å². The summed E-state index contributed by atoms with van der Waals surface area (Å²) in [6.07, 6.45) is 2.18. The van der Waals surface area contributed by atoms with E-state index in [9.17, 15) is 4.79 Å². The van der Waals surface area contributed by atoms with Crippen molar-refractivity contribution in [3.05, 3.63) is 41.2 Å². The van der Waals surface area contributed by atoms with Gasteiger partial charge in [-0.3, -0.25) is 9.48 Å². The minimum absolute atomic E-state index is 0.169. The van der Waals surface area contributed by atoms with Crippen LogP contribution in [0, 0.1) is 6.92 Å². The number of amides is 1. The molecule has 0 aliphatic carbocycles. The average Bonchev–Trinajstić information content (AvgIpc) is 2.79. The van der Waals surface area contributed by atoms with Crippen LogP contribution < -0.4 is 10.6 Å². The maximum atomic E-state index is 12.1. The maximum Gasteiger partial charge on any atom is 0.276 e. The van der Waals surface area contributed by atoms with Crippen molar-refractivity contribution in [2.75, 3.05) is 17.2 Å². The van der Waals surface area contributed by atoms with Gasteiger partial charge in [-0.05, 0) is 49.6 Å². The molecule has 0 bridgehead atoms. The molecule has 0 saturated carbocycles. The molecule has 5 nitrogen and oxygen atoms in total. The Morgan fingerprint density at radius 2 is 2.25 bits per heavy atom. The fraction of sp³-hybridized carbons (Fsp3) is 0.333. The first-order valence-electron chi connectivity index (χ1n) is 6.82. The van der Waals surface area contributed by atoms with Gasteiger partial charge < -0.3 is 10.6 Å². The molecule has 0 spiro atoms. The molecule has 3 rings (SSSR count). The van der Waals surface area contributed by atoms with Crippen LogP contribution in [0.3, 0.4) is 0 Å². The van der Waals surface area contributed by atoms with Crippen LogP contribution in [-0.2, 0) is 13.5 Å². The Morgan fingerprint density at radius 3 is 3.00 bits per heavy atom. The molecule has 0 atom stereocenters. The molecule has 2 heterocycles. The summed E-state index contributed by atoms with van der Waals surface area (Å²) in [6.45, 7) is 2.94. The first-order chi connectivity index (χ1) is 9.63. The molecule has 0 fully saturated rings. The van der Waals surface area contributed by atoms with Crippen LogP contribution >= 0.6 is 0 Å². The number of anilines is 2. The van der Waals surface area contributed by atoms with Gasteiger partial charge in [-0.1, -0.05) is 0 Å². The topological polar surface area (TPSA) is 59.0 Å². The number of fused-ring (bicyclic) bond motifs is 1. The summed E-state index contributed by atoms with van der Waals surface area (Å²) >= 11 is 0. The molecule has 1 aromatic heterocycles. The fourth-order valence-corrected chi connectivity index (χ4v) is 2.42. The van der Waals surface area contributed by atoms with Gasteiger partial charge in [-0.2, -0.15) is 5.10 Å². The number of carbonyl (C=O) groups is 1. The normalized spacial score (nSPS) is 13.5. The monoisotopic (exact) mass is 270 g/mol. The minimum Gasteiger partial charge on any atom is -0.385 e. The Balaban J connectivity index is 1.79. The summed E-state index contributed by atoms with van der Waals surface area (Å²) in [6, 6.07) is 7.77. The van der Waals surface area contributed by atoms with Gasteiger partial charge >= 0.3 is 0 Å². The van der Waals surface area contributed by atoms with Crippen LogP contribution in [-0.4, -0.2) is 22.2 Å². The van der Waals surface area contributed by atoms with E-state index in [0.717, 1.165) is 30.8 Å². The smallest absolute Gasteiger partial charge is 0.276 e. The molecule has 1 aliphatic heterocycles. The Labute approximate surface area is 118 Å². The molecule has 1 aromatic carbocycles. The first kappa shape index (κ1) is 12.7. The van der Waals surface area contributed by atoms with E-state index in [2.05, 4.69) is 15.7 Å². The molecule has 1 aliphatic rings. The van der Waals surface area contributed by atoms with Crippen LogP contribution in [0.25, 0.3) is 0 Å². The predicted octanol–water partition coefficient (Wildman–Crippen LogP) is 2.34. The molecule has 5 heteroatoms. The maximum absolute atomic E-state index is 12.1. The number of rotatable bonds is 2. The predicted molar refractivity (Wildman–Crippen MR) is 79.2 cm³/mol. The number of aryl methyl sites for hydroxylation is 3. The van der Waals surface area contributed by atoms with E-state index < -0.39 is 0 Å². The molecule has 2 N–H and O–H groups in total. The van der Waals surface area contributed by atoms with Crippen LogP contribution in [0.5, 0.6) is 0 Å². The van der Waals surface area contributed by atoms with Gasteiger partial charge in [0.25, 0.3) is 5.91 Å². The van der Waals surface area contributed by atoms with Crippen LogP contribution in [0.1, 0.15) is 28.2 Å². The van der Waals surface area contributed by atoms with E-state index in [1.54, 1.807) is 10.7 Å². The SMILES string of the molecule is Cc1cc(C(=O)Nc2ccc3c(c2)CCCN3)nn1C. The molecule has 1 amide bonds. The van der Waals surface area contributed by atoms with Gasteiger partial charge in [0.2, 0.25) is 0 Å². The van der Waals surface area contributed by atoms with Gasteiger partial charge in [0.1, 0.15) is 0 Å². The van der Waals surface area contributed by atoms with Gasteiger partial charge in [-0.15, -0.1) is 0 Å².